The van der Waals surface area contributed by atoms with Crippen LogP contribution in [-0.2, 0) is 0 Å². The Morgan fingerprint density at radius 1 is 0.857 bits per heavy atom. The van der Waals surface area contributed by atoms with Crippen molar-refractivity contribution in [1.29, 1.82) is 0 Å². The molecule has 0 spiro atoms. The molecule has 0 saturated carbocycles. The van der Waals surface area contributed by atoms with E-state index in [4.69, 9.17) is 4.52 Å². The number of benzene rings is 2. The van der Waals surface area contributed by atoms with Crippen LogP contribution in [0.5, 0.6) is 17.2 Å². The van der Waals surface area contributed by atoms with Crippen molar-refractivity contribution in [2.75, 3.05) is 0 Å². The van der Waals surface area contributed by atoms with E-state index in [1.165, 1.54) is 12.1 Å². The fraction of sp³-hybridized carbons (Fsp3) is 0.0667. The molecule has 0 bridgehead atoms. The van der Waals surface area contributed by atoms with Gasteiger partial charge < -0.3 is 19.8 Å². The zero-order valence-electron chi connectivity index (χ0n) is 11.1. The van der Waals surface area contributed by atoms with Gasteiger partial charge in [-0.15, -0.1) is 0 Å². The quantitative estimate of drug-likeness (QED) is 0.626. The van der Waals surface area contributed by atoms with E-state index in [2.05, 4.69) is 10.1 Å². The smallest absolute Gasteiger partial charge is 0.258 e. The summed E-state index contributed by atoms with van der Waals surface area (Å²) in [5.74, 6) is 0.209. The first-order valence-corrected chi connectivity index (χ1v) is 6.20. The third-order valence-electron chi connectivity index (χ3n) is 3.12. The van der Waals surface area contributed by atoms with Crippen molar-refractivity contribution in [3.8, 4) is 40.1 Å². The molecule has 3 aromatic rings. The minimum Gasteiger partial charge on any atom is -0.508 e. The fourth-order valence-corrected chi connectivity index (χ4v) is 1.86. The van der Waals surface area contributed by atoms with E-state index in [1.54, 1.807) is 31.2 Å². The topological polar surface area (TPSA) is 99.6 Å². The molecule has 6 nitrogen and oxygen atoms in total. The van der Waals surface area contributed by atoms with Crippen molar-refractivity contribution in [1.82, 2.24) is 10.1 Å². The van der Waals surface area contributed by atoms with Crippen LogP contribution in [0.25, 0.3) is 22.8 Å². The molecule has 0 saturated heterocycles. The Kier molecular flexibility index (Phi) is 2.98. The zero-order chi connectivity index (χ0) is 15.0. The van der Waals surface area contributed by atoms with Crippen molar-refractivity contribution >= 4 is 0 Å². The highest BCUT2D eigenvalue weighted by atomic mass is 16.5. The Labute approximate surface area is 119 Å². The average Bonchev–Trinajstić information content (AvgIpc) is 2.94. The lowest BCUT2D eigenvalue weighted by molar-refractivity contribution is 0.404. The number of aryl methyl sites for hydroxylation is 1. The molecule has 0 radical (unpaired) electrons. The maximum atomic E-state index is 9.70. The largest absolute Gasteiger partial charge is 0.508 e. The van der Waals surface area contributed by atoms with Crippen molar-refractivity contribution in [2.24, 2.45) is 0 Å². The number of rotatable bonds is 2. The van der Waals surface area contributed by atoms with Crippen LogP contribution < -0.4 is 0 Å². The Morgan fingerprint density at radius 3 is 2.29 bits per heavy atom. The second-order valence-corrected chi connectivity index (χ2v) is 4.63. The van der Waals surface area contributed by atoms with E-state index >= 15 is 0 Å². The third kappa shape index (κ3) is 2.38. The van der Waals surface area contributed by atoms with Gasteiger partial charge in [-0.25, -0.2) is 0 Å². The molecule has 0 atom stereocenters. The fourth-order valence-electron chi connectivity index (χ4n) is 1.86. The summed E-state index contributed by atoms with van der Waals surface area (Å²) in [4.78, 5) is 4.21. The number of hydrogen-bond acceptors (Lipinski definition) is 6. The first-order valence-electron chi connectivity index (χ1n) is 6.20. The average molecular weight is 284 g/mol. The van der Waals surface area contributed by atoms with Crippen LogP contribution in [0.15, 0.2) is 40.9 Å². The molecule has 6 heteroatoms. The summed E-state index contributed by atoms with van der Waals surface area (Å²) >= 11 is 0. The molecule has 0 aliphatic carbocycles. The van der Waals surface area contributed by atoms with Crippen molar-refractivity contribution in [2.45, 2.75) is 6.92 Å². The molecule has 3 rings (SSSR count). The van der Waals surface area contributed by atoms with Crippen LogP contribution in [0.2, 0.25) is 0 Å². The lowest BCUT2D eigenvalue weighted by atomic mass is 10.1. The van der Waals surface area contributed by atoms with Crippen molar-refractivity contribution in [3.05, 3.63) is 42.0 Å². The number of hydrogen-bond donors (Lipinski definition) is 3. The van der Waals surface area contributed by atoms with Crippen LogP contribution in [-0.4, -0.2) is 25.5 Å². The van der Waals surface area contributed by atoms with Gasteiger partial charge in [0, 0.05) is 11.1 Å². The van der Waals surface area contributed by atoms with Gasteiger partial charge in [0.05, 0.1) is 0 Å². The molecule has 0 aliphatic heterocycles. The van der Waals surface area contributed by atoms with Gasteiger partial charge in [-0.1, -0.05) is 11.2 Å². The number of aromatic nitrogens is 2. The number of phenols is 3. The maximum Gasteiger partial charge on any atom is 0.258 e. The zero-order valence-corrected chi connectivity index (χ0v) is 11.1. The predicted octanol–water partition coefficient (Wildman–Crippen LogP) is 2.83. The molecule has 0 amide bonds. The molecule has 2 aromatic carbocycles. The Morgan fingerprint density at radius 2 is 1.57 bits per heavy atom. The van der Waals surface area contributed by atoms with Gasteiger partial charge in [-0.2, -0.15) is 4.98 Å². The van der Waals surface area contributed by atoms with Gasteiger partial charge in [-0.05, 0) is 42.8 Å². The summed E-state index contributed by atoms with van der Waals surface area (Å²) in [7, 11) is 0. The summed E-state index contributed by atoms with van der Waals surface area (Å²) in [5, 5.41) is 32.3. The first-order chi connectivity index (χ1) is 10.0. The summed E-state index contributed by atoms with van der Waals surface area (Å²) < 4.78 is 5.15. The minimum absolute atomic E-state index is 0.148. The summed E-state index contributed by atoms with van der Waals surface area (Å²) in [5.41, 5.74) is 1.86. The minimum atomic E-state index is -0.258. The molecule has 1 aromatic heterocycles. The summed E-state index contributed by atoms with van der Waals surface area (Å²) in [6, 6.07) is 9.31. The molecule has 0 unspecified atom stereocenters. The second-order valence-electron chi connectivity index (χ2n) is 4.63. The lowest BCUT2D eigenvalue weighted by Crippen LogP contribution is -1.82. The van der Waals surface area contributed by atoms with Crippen LogP contribution >= 0.6 is 0 Å². The highest BCUT2D eigenvalue weighted by molar-refractivity contribution is 5.63. The number of phenolic OH excluding ortho intramolecular Hbond substituents is 3. The third-order valence-corrected chi connectivity index (χ3v) is 3.12. The van der Waals surface area contributed by atoms with E-state index in [9.17, 15) is 15.3 Å². The Balaban J connectivity index is 1.99. The van der Waals surface area contributed by atoms with E-state index in [0.29, 0.717) is 11.1 Å². The number of nitrogens with zero attached hydrogens (tertiary/aromatic N) is 2. The van der Waals surface area contributed by atoms with Crippen LogP contribution in [0.4, 0.5) is 0 Å². The van der Waals surface area contributed by atoms with Gasteiger partial charge in [0.2, 0.25) is 5.82 Å². The van der Waals surface area contributed by atoms with E-state index in [0.717, 1.165) is 5.56 Å². The monoisotopic (exact) mass is 284 g/mol. The predicted molar refractivity (Wildman–Crippen MR) is 74.9 cm³/mol. The normalized spacial score (nSPS) is 10.7. The van der Waals surface area contributed by atoms with E-state index in [-0.39, 0.29) is 29.0 Å². The summed E-state index contributed by atoms with van der Waals surface area (Å²) in [6.07, 6.45) is 0. The standard InChI is InChI=1S/C15H12N2O4/c1-8-2-3-10(7-12(8)19)15-16-14(17-21-15)9-4-5-11(18)13(20)6-9/h2-7,18-20H,1H3. The highest BCUT2D eigenvalue weighted by Crippen LogP contribution is 2.31. The van der Waals surface area contributed by atoms with E-state index in [1.807, 2.05) is 0 Å². The molecule has 21 heavy (non-hydrogen) atoms. The maximum absolute atomic E-state index is 9.70. The Bertz CT molecular complexity index is 745. The van der Waals surface area contributed by atoms with Gasteiger partial charge in [0.15, 0.2) is 11.5 Å². The Hall–Kier alpha value is -3.02. The molecular formula is C15H12N2O4. The van der Waals surface area contributed by atoms with Gasteiger partial charge >= 0.3 is 0 Å². The van der Waals surface area contributed by atoms with Crippen LogP contribution in [0.1, 0.15) is 5.56 Å². The van der Waals surface area contributed by atoms with Crippen LogP contribution in [0, 0.1) is 6.92 Å². The van der Waals surface area contributed by atoms with Gasteiger partial charge in [-0.3, -0.25) is 0 Å². The molecular weight excluding hydrogens is 272 g/mol. The number of aromatic hydroxyl groups is 3. The molecule has 106 valence electrons. The first kappa shape index (κ1) is 13.0. The SMILES string of the molecule is Cc1ccc(-c2nc(-c3ccc(O)c(O)c3)no2)cc1O. The molecule has 0 aliphatic rings. The lowest BCUT2D eigenvalue weighted by Gasteiger charge is -1.99. The molecule has 0 fully saturated rings. The molecule has 1 heterocycles. The van der Waals surface area contributed by atoms with E-state index < -0.39 is 0 Å². The summed E-state index contributed by atoms with van der Waals surface area (Å²) in [6.45, 7) is 1.79. The highest BCUT2D eigenvalue weighted by Gasteiger charge is 2.13. The van der Waals surface area contributed by atoms with Crippen molar-refractivity contribution < 1.29 is 19.8 Å². The van der Waals surface area contributed by atoms with Gasteiger partial charge in [0.1, 0.15) is 5.75 Å². The van der Waals surface area contributed by atoms with Gasteiger partial charge in [0.25, 0.3) is 5.89 Å². The second kappa shape index (κ2) is 4.82. The molecule has 3 N–H and O–H groups in total. The van der Waals surface area contributed by atoms with Crippen molar-refractivity contribution in [3.63, 3.8) is 0 Å². The van der Waals surface area contributed by atoms with Crippen LogP contribution in [0.3, 0.4) is 0 Å².